The van der Waals surface area contributed by atoms with Gasteiger partial charge in [-0.15, -0.1) is 0 Å². The smallest absolute Gasteiger partial charge is 0.224 e. The molecule has 0 unspecified atom stereocenters. The van der Waals surface area contributed by atoms with E-state index in [1.54, 1.807) is 7.05 Å². The Morgan fingerprint density at radius 1 is 1.56 bits per heavy atom. The fourth-order valence-electron chi connectivity index (χ4n) is 2.08. The molecule has 0 aromatic carbocycles. The van der Waals surface area contributed by atoms with Gasteiger partial charge in [-0.3, -0.25) is 4.79 Å². The molecule has 0 spiro atoms. The molecule has 2 heterocycles. The second-order valence-electron chi connectivity index (χ2n) is 4.28. The topological polar surface area (TPSA) is 84.1 Å². The second-order valence-corrected chi connectivity index (χ2v) is 4.28. The van der Waals surface area contributed by atoms with Crippen LogP contribution in [0.3, 0.4) is 0 Å². The summed E-state index contributed by atoms with van der Waals surface area (Å²) in [6.45, 7) is 1.15. The molecule has 0 radical (unpaired) electrons. The van der Waals surface area contributed by atoms with Gasteiger partial charge in [-0.25, -0.2) is 9.37 Å². The summed E-state index contributed by atoms with van der Waals surface area (Å²) >= 11 is 0. The number of piperidine rings is 1. The second kappa shape index (κ2) is 5.16. The molecule has 1 aliphatic rings. The summed E-state index contributed by atoms with van der Waals surface area (Å²) in [6, 6.07) is 0. The van der Waals surface area contributed by atoms with Crippen molar-refractivity contribution in [3.8, 4) is 0 Å². The maximum atomic E-state index is 13.7. The van der Waals surface area contributed by atoms with Gasteiger partial charge in [0, 0.05) is 26.1 Å². The lowest BCUT2D eigenvalue weighted by molar-refractivity contribution is -0.122. The van der Waals surface area contributed by atoms with Crippen molar-refractivity contribution in [3.63, 3.8) is 0 Å². The van der Waals surface area contributed by atoms with Crippen molar-refractivity contribution in [1.29, 1.82) is 0 Å². The minimum absolute atomic E-state index is 0.116. The Labute approximate surface area is 104 Å². The van der Waals surface area contributed by atoms with Crippen LogP contribution in [-0.4, -0.2) is 36.0 Å². The van der Waals surface area contributed by atoms with E-state index in [1.165, 1.54) is 0 Å². The Morgan fingerprint density at radius 2 is 2.22 bits per heavy atom. The Morgan fingerprint density at radius 3 is 2.78 bits per heavy atom. The lowest BCUT2D eigenvalue weighted by Crippen LogP contribution is -2.39. The number of rotatable bonds is 3. The van der Waals surface area contributed by atoms with Crippen LogP contribution in [0.4, 0.5) is 16.2 Å². The molecule has 0 aliphatic carbocycles. The normalized spacial score (nSPS) is 16.7. The minimum atomic E-state index is -0.452. The molecule has 1 saturated heterocycles. The summed E-state index contributed by atoms with van der Waals surface area (Å²) in [4.78, 5) is 20.8. The zero-order valence-electron chi connectivity index (χ0n) is 10.2. The van der Waals surface area contributed by atoms with Crippen LogP contribution < -0.4 is 16.0 Å². The van der Waals surface area contributed by atoms with Gasteiger partial charge in [-0.05, 0) is 12.8 Å². The summed E-state index contributed by atoms with van der Waals surface area (Å²) in [5.41, 5.74) is 5.26. The van der Waals surface area contributed by atoms with Gasteiger partial charge < -0.3 is 16.0 Å². The zero-order chi connectivity index (χ0) is 13.1. The first-order chi connectivity index (χ1) is 8.61. The fourth-order valence-corrected chi connectivity index (χ4v) is 2.08. The van der Waals surface area contributed by atoms with E-state index in [1.807, 2.05) is 4.90 Å². The monoisotopic (exact) mass is 253 g/mol. The molecule has 18 heavy (non-hydrogen) atoms. The summed E-state index contributed by atoms with van der Waals surface area (Å²) in [5.74, 6) is -0.198. The molecular weight excluding hydrogens is 237 g/mol. The lowest BCUT2D eigenvalue weighted by Gasteiger charge is -2.31. The molecule has 1 aliphatic heterocycles. The predicted molar refractivity (Wildman–Crippen MR) is 65.7 cm³/mol. The molecule has 0 atom stereocenters. The standard InChI is InChI=1S/C11H16FN5O/c1-14-11-15-6-8(12)10(16-11)17-4-2-7(3-5-17)9(13)18/h6-7H,2-5H2,1H3,(H2,13,18)(H,14,15,16). The van der Waals surface area contributed by atoms with Crippen molar-refractivity contribution >= 4 is 17.7 Å². The van der Waals surface area contributed by atoms with E-state index in [2.05, 4.69) is 15.3 Å². The van der Waals surface area contributed by atoms with Crippen LogP contribution in [0.25, 0.3) is 0 Å². The number of primary amides is 1. The Bertz CT molecular complexity index is 445. The van der Waals surface area contributed by atoms with Crippen molar-refractivity contribution in [1.82, 2.24) is 9.97 Å². The minimum Gasteiger partial charge on any atom is -0.369 e. The van der Waals surface area contributed by atoms with E-state index < -0.39 is 5.82 Å². The SMILES string of the molecule is CNc1ncc(F)c(N2CCC(C(N)=O)CC2)n1. The van der Waals surface area contributed by atoms with Crippen molar-refractivity contribution in [3.05, 3.63) is 12.0 Å². The fraction of sp³-hybridized carbons (Fsp3) is 0.545. The van der Waals surface area contributed by atoms with E-state index in [9.17, 15) is 9.18 Å². The van der Waals surface area contributed by atoms with Crippen LogP contribution in [0.2, 0.25) is 0 Å². The number of anilines is 2. The van der Waals surface area contributed by atoms with Gasteiger partial charge >= 0.3 is 0 Å². The van der Waals surface area contributed by atoms with E-state index in [4.69, 9.17) is 5.73 Å². The maximum Gasteiger partial charge on any atom is 0.224 e. The largest absolute Gasteiger partial charge is 0.369 e. The molecule has 6 nitrogen and oxygen atoms in total. The van der Waals surface area contributed by atoms with Crippen LogP contribution in [0.15, 0.2) is 6.20 Å². The maximum absolute atomic E-state index is 13.7. The average Bonchev–Trinajstić information content (AvgIpc) is 2.39. The number of halogens is 1. The molecule has 0 saturated carbocycles. The Balaban J connectivity index is 2.11. The summed E-state index contributed by atoms with van der Waals surface area (Å²) in [5, 5.41) is 2.77. The Hall–Kier alpha value is -1.92. The van der Waals surface area contributed by atoms with E-state index >= 15 is 0 Å². The highest BCUT2D eigenvalue weighted by Gasteiger charge is 2.25. The first-order valence-corrected chi connectivity index (χ1v) is 5.86. The molecule has 1 amide bonds. The number of aromatic nitrogens is 2. The third kappa shape index (κ3) is 2.49. The number of nitrogens with two attached hydrogens (primary N) is 1. The van der Waals surface area contributed by atoms with E-state index in [0.717, 1.165) is 6.20 Å². The molecule has 1 fully saturated rings. The highest BCUT2D eigenvalue weighted by atomic mass is 19.1. The predicted octanol–water partition coefficient (Wildman–Crippen LogP) is 0.359. The molecular formula is C11H16FN5O. The van der Waals surface area contributed by atoms with Crippen LogP contribution in [0.1, 0.15) is 12.8 Å². The van der Waals surface area contributed by atoms with Gasteiger partial charge in [0.1, 0.15) is 0 Å². The summed E-state index contributed by atoms with van der Waals surface area (Å²) < 4.78 is 13.7. The number of nitrogens with zero attached hydrogens (tertiary/aromatic N) is 3. The van der Waals surface area contributed by atoms with Crippen LogP contribution in [-0.2, 0) is 4.79 Å². The van der Waals surface area contributed by atoms with Crippen molar-refractivity contribution in [2.24, 2.45) is 11.7 Å². The number of hydrogen-bond donors (Lipinski definition) is 2. The van der Waals surface area contributed by atoms with E-state index in [-0.39, 0.29) is 17.6 Å². The van der Waals surface area contributed by atoms with Gasteiger partial charge in [-0.1, -0.05) is 0 Å². The molecule has 2 rings (SSSR count). The molecule has 1 aromatic rings. The quantitative estimate of drug-likeness (QED) is 0.812. The van der Waals surface area contributed by atoms with Gasteiger partial charge in [0.05, 0.1) is 6.20 Å². The average molecular weight is 253 g/mol. The molecule has 98 valence electrons. The van der Waals surface area contributed by atoms with Crippen molar-refractivity contribution in [2.45, 2.75) is 12.8 Å². The van der Waals surface area contributed by atoms with Crippen LogP contribution in [0.5, 0.6) is 0 Å². The molecule has 0 bridgehead atoms. The van der Waals surface area contributed by atoms with Crippen LogP contribution >= 0.6 is 0 Å². The van der Waals surface area contributed by atoms with Crippen molar-refractivity contribution < 1.29 is 9.18 Å². The highest BCUT2D eigenvalue weighted by Crippen LogP contribution is 2.24. The number of carbonyl (C=O) groups is 1. The van der Waals surface area contributed by atoms with Gasteiger partial charge in [0.25, 0.3) is 0 Å². The number of amides is 1. The Kier molecular flexibility index (Phi) is 3.59. The van der Waals surface area contributed by atoms with Crippen LogP contribution in [0, 0.1) is 11.7 Å². The zero-order valence-corrected chi connectivity index (χ0v) is 10.2. The first kappa shape index (κ1) is 12.5. The van der Waals surface area contributed by atoms with Gasteiger partial charge in [-0.2, -0.15) is 4.98 Å². The summed E-state index contributed by atoms with van der Waals surface area (Å²) in [7, 11) is 1.68. The number of hydrogen-bond acceptors (Lipinski definition) is 5. The highest BCUT2D eigenvalue weighted by molar-refractivity contribution is 5.77. The van der Waals surface area contributed by atoms with Crippen molar-refractivity contribution in [2.75, 3.05) is 30.4 Å². The number of carbonyl (C=O) groups excluding carboxylic acids is 1. The first-order valence-electron chi connectivity index (χ1n) is 5.86. The van der Waals surface area contributed by atoms with Gasteiger partial charge in [0.2, 0.25) is 11.9 Å². The third-order valence-electron chi connectivity index (χ3n) is 3.15. The third-order valence-corrected chi connectivity index (χ3v) is 3.15. The van der Waals surface area contributed by atoms with Gasteiger partial charge in [0.15, 0.2) is 11.6 Å². The summed E-state index contributed by atoms with van der Waals surface area (Å²) in [6.07, 6.45) is 2.41. The van der Waals surface area contributed by atoms with E-state index in [0.29, 0.717) is 31.9 Å². The molecule has 3 N–H and O–H groups in total. The lowest BCUT2D eigenvalue weighted by atomic mass is 9.96. The number of nitrogens with one attached hydrogen (secondary N) is 1. The molecule has 7 heteroatoms. The molecule has 1 aromatic heterocycles.